The van der Waals surface area contributed by atoms with Crippen molar-refractivity contribution in [1.82, 2.24) is 10.2 Å². The topological polar surface area (TPSA) is 86.8 Å². The van der Waals surface area contributed by atoms with E-state index in [1.165, 1.54) is 29.2 Å². The Balaban J connectivity index is 2.07. The van der Waals surface area contributed by atoms with E-state index in [2.05, 4.69) is 5.32 Å². The summed E-state index contributed by atoms with van der Waals surface area (Å²) in [5.41, 5.74) is 2.80. The van der Waals surface area contributed by atoms with Gasteiger partial charge in [-0.25, -0.2) is 12.8 Å². The van der Waals surface area contributed by atoms with Crippen LogP contribution in [0.3, 0.4) is 0 Å². The number of nitrogens with zero attached hydrogens (tertiary/aromatic N) is 2. The standard InChI is InChI=1S/C30H36FN3O4S/c1-6-28(30(36)32-21(2)3)33(19-24-10-8-7-9-23(24)5)29(35)20-34(26-15-13-25(31)14-16-26)39(37,38)27-17-11-22(4)12-18-27/h7-18,21,28H,6,19-20H2,1-5H3,(H,32,36)/t28-/m1/s1. The number of carbonyl (C=O) groups excluding carboxylic acids is 2. The van der Waals surface area contributed by atoms with E-state index in [1.807, 2.05) is 58.9 Å². The van der Waals surface area contributed by atoms with Crippen molar-refractivity contribution >= 4 is 27.5 Å². The smallest absolute Gasteiger partial charge is 0.264 e. The van der Waals surface area contributed by atoms with Crippen LogP contribution in [0, 0.1) is 19.7 Å². The number of hydrogen-bond donors (Lipinski definition) is 1. The van der Waals surface area contributed by atoms with Gasteiger partial charge in [-0.1, -0.05) is 48.9 Å². The lowest BCUT2D eigenvalue weighted by molar-refractivity contribution is -0.140. The largest absolute Gasteiger partial charge is 0.352 e. The van der Waals surface area contributed by atoms with Gasteiger partial charge in [0.1, 0.15) is 18.4 Å². The number of benzene rings is 3. The third-order valence-corrected chi connectivity index (χ3v) is 8.21. The van der Waals surface area contributed by atoms with Gasteiger partial charge in [0.25, 0.3) is 10.0 Å². The lowest BCUT2D eigenvalue weighted by Crippen LogP contribution is -2.53. The van der Waals surface area contributed by atoms with Crippen LogP contribution in [0.15, 0.2) is 77.7 Å². The van der Waals surface area contributed by atoms with E-state index in [9.17, 15) is 22.4 Å². The second-order valence-corrected chi connectivity index (χ2v) is 11.7. The first-order valence-electron chi connectivity index (χ1n) is 12.9. The van der Waals surface area contributed by atoms with Crippen molar-refractivity contribution in [1.29, 1.82) is 0 Å². The summed E-state index contributed by atoms with van der Waals surface area (Å²) >= 11 is 0. The summed E-state index contributed by atoms with van der Waals surface area (Å²) in [4.78, 5) is 28.6. The first-order valence-corrected chi connectivity index (χ1v) is 14.4. The Morgan fingerprint density at radius 3 is 2.10 bits per heavy atom. The molecule has 3 rings (SSSR count). The molecule has 39 heavy (non-hydrogen) atoms. The number of carbonyl (C=O) groups is 2. The zero-order valence-electron chi connectivity index (χ0n) is 23.0. The summed E-state index contributed by atoms with van der Waals surface area (Å²) in [6.45, 7) is 8.79. The monoisotopic (exact) mass is 553 g/mol. The fourth-order valence-electron chi connectivity index (χ4n) is 4.24. The molecule has 9 heteroatoms. The van der Waals surface area contributed by atoms with Crippen molar-refractivity contribution in [3.05, 3.63) is 95.3 Å². The van der Waals surface area contributed by atoms with Crippen LogP contribution in [0.5, 0.6) is 0 Å². The molecule has 3 aromatic rings. The van der Waals surface area contributed by atoms with Gasteiger partial charge in [-0.3, -0.25) is 13.9 Å². The molecule has 0 saturated carbocycles. The fraction of sp³-hybridized carbons (Fsp3) is 0.333. The number of anilines is 1. The van der Waals surface area contributed by atoms with E-state index in [0.717, 1.165) is 33.1 Å². The zero-order valence-corrected chi connectivity index (χ0v) is 23.8. The molecule has 0 aromatic heterocycles. The van der Waals surface area contributed by atoms with Gasteiger partial charge in [0.05, 0.1) is 10.6 Å². The maximum absolute atomic E-state index is 14.0. The zero-order chi connectivity index (χ0) is 28.7. The summed E-state index contributed by atoms with van der Waals surface area (Å²) in [5.74, 6) is -1.40. The summed E-state index contributed by atoms with van der Waals surface area (Å²) in [5, 5.41) is 2.88. The van der Waals surface area contributed by atoms with E-state index >= 15 is 0 Å². The second kappa shape index (κ2) is 12.9. The molecule has 7 nitrogen and oxygen atoms in total. The van der Waals surface area contributed by atoms with Gasteiger partial charge in [0, 0.05) is 12.6 Å². The summed E-state index contributed by atoms with van der Waals surface area (Å²) in [6, 6.07) is 17.8. The molecule has 0 bridgehead atoms. The minimum Gasteiger partial charge on any atom is -0.352 e. The third kappa shape index (κ3) is 7.44. The average Bonchev–Trinajstić information content (AvgIpc) is 2.88. The molecular weight excluding hydrogens is 517 g/mol. The summed E-state index contributed by atoms with van der Waals surface area (Å²) < 4.78 is 42.3. The van der Waals surface area contributed by atoms with Crippen LogP contribution in [0.2, 0.25) is 0 Å². The predicted molar refractivity (Wildman–Crippen MR) is 151 cm³/mol. The minimum absolute atomic E-state index is 0.000251. The van der Waals surface area contributed by atoms with E-state index in [-0.39, 0.29) is 29.1 Å². The van der Waals surface area contributed by atoms with Crippen LogP contribution in [0.1, 0.15) is 43.9 Å². The molecule has 0 heterocycles. The Labute approximate surface area is 230 Å². The van der Waals surface area contributed by atoms with Crippen LogP contribution in [0.25, 0.3) is 0 Å². The van der Waals surface area contributed by atoms with Gasteiger partial charge in [0.15, 0.2) is 0 Å². The highest BCUT2D eigenvalue weighted by molar-refractivity contribution is 7.92. The fourth-order valence-corrected chi connectivity index (χ4v) is 5.66. The van der Waals surface area contributed by atoms with Crippen LogP contribution in [0.4, 0.5) is 10.1 Å². The van der Waals surface area contributed by atoms with Gasteiger partial charge in [-0.15, -0.1) is 0 Å². The first kappa shape index (κ1) is 29.8. The van der Waals surface area contributed by atoms with Gasteiger partial charge in [-0.05, 0) is 81.6 Å². The molecule has 0 radical (unpaired) electrons. The van der Waals surface area contributed by atoms with Gasteiger partial charge in [0.2, 0.25) is 11.8 Å². The highest BCUT2D eigenvalue weighted by Crippen LogP contribution is 2.25. The average molecular weight is 554 g/mol. The minimum atomic E-state index is -4.20. The van der Waals surface area contributed by atoms with Crippen molar-refractivity contribution in [2.45, 2.75) is 64.6 Å². The Morgan fingerprint density at radius 1 is 0.923 bits per heavy atom. The van der Waals surface area contributed by atoms with E-state index in [4.69, 9.17) is 0 Å². The molecule has 3 aromatic carbocycles. The molecule has 0 aliphatic heterocycles. The van der Waals surface area contributed by atoms with E-state index in [1.54, 1.807) is 12.1 Å². The predicted octanol–water partition coefficient (Wildman–Crippen LogP) is 4.97. The molecule has 0 spiro atoms. The van der Waals surface area contributed by atoms with Crippen LogP contribution >= 0.6 is 0 Å². The lowest BCUT2D eigenvalue weighted by Gasteiger charge is -2.34. The second-order valence-electron chi connectivity index (χ2n) is 9.84. The maximum atomic E-state index is 14.0. The summed E-state index contributed by atoms with van der Waals surface area (Å²) in [6.07, 6.45) is 0.331. The van der Waals surface area contributed by atoms with Crippen molar-refractivity contribution < 1.29 is 22.4 Å². The number of hydrogen-bond acceptors (Lipinski definition) is 4. The molecule has 0 saturated heterocycles. The van der Waals surface area contributed by atoms with Crippen molar-refractivity contribution in [2.75, 3.05) is 10.8 Å². The molecule has 0 fully saturated rings. The SMILES string of the molecule is CC[C@H](C(=O)NC(C)C)N(Cc1ccccc1C)C(=O)CN(c1ccc(F)cc1)S(=O)(=O)c1ccc(C)cc1. The van der Waals surface area contributed by atoms with E-state index in [0.29, 0.717) is 6.42 Å². The Kier molecular flexibility index (Phi) is 9.86. The van der Waals surface area contributed by atoms with Crippen LogP contribution in [-0.4, -0.2) is 43.8 Å². The number of rotatable bonds is 11. The quantitative estimate of drug-likeness (QED) is 0.363. The number of sulfonamides is 1. The third-order valence-electron chi connectivity index (χ3n) is 6.42. The summed E-state index contributed by atoms with van der Waals surface area (Å²) in [7, 11) is -4.20. The molecule has 1 N–H and O–H groups in total. The number of nitrogens with one attached hydrogen (secondary N) is 1. The molecule has 1 atom stereocenters. The molecule has 208 valence electrons. The Bertz CT molecular complexity index is 1390. The van der Waals surface area contributed by atoms with Crippen LogP contribution < -0.4 is 9.62 Å². The highest BCUT2D eigenvalue weighted by atomic mass is 32.2. The molecule has 0 aliphatic rings. The molecular formula is C30H36FN3O4S. The molecule has 2 amide bonds. The van der Waals surface area contributed by atoms with E-state index < -0.39 is 34.3 Å². The Hall–Kier alpha value is -3.72. The molecule has 0 unspecified atom stereocenters. The van der Waals surface area contributed by atoms with Gasteiger partial charge in [-0.2, -0.15) is 0 Å². The normalized spacial score (nSPS) is 12.2. The Morgan fingerprint density at radius 2 is 1.54 bits per heavy atom. The number of aryl methyl sites for hydroxylation is 2. The van der Waals surface area contributed by atoms with Gasteiger partial charge < -0.3 is 10.2 Å². The number of amides is 2. The number of halogens is 1. The van der Waals surface area contributed by atoms with Crippen LogP contribution in [-0.2, 0) is 26.2 Å². The lowest BCUT2D eigenvalue weighted by atomic mass is 10.1. The maximum Gasteiger partial charge on any atom is 0.264 e. The molecule has 0 aliphatic carbocycles. The van der Waals surface area contributed by atoms with Crippen molar-refractivity contribution in [3.8, 4) is 0 Å². The van der Waals surface area contributed by atoms with Crippen molar-refractivity contribution in [2.24, 2.45) is 0 Å². The van der Waals surface area contributed by atoms with Gasteiger partial charge >= 0.3 is 0 Å². The first-order chi connectivity index (χ1) is 18.4. The highest BCUT2D eigenvalue weighted by Gasteiger charge is 2.34. The van der Waals surface area contributed by atoms with Crippen molar-refractivity contribution in [3.63, 3.8) is 0 Å².